The topological polar surface area (TPSA) is 26.3 Å². The van der Waals surface area contributed by atoms with Gasteiger partial charge in [0.25, 0.3) is 0 Å². The summed E-state index contributed by atoms with van der Waals surface area (Å²) in [7, 11) is 0. The molecule has 5 heteroatoms. The molecule has 0 saturated heterocycles. The minimum atomic E-state index is -4.12. The molecular weight excluding hydrogens is 209 g/mol. The third-order valence-corrected chi connectivity index (χ3v) is 1.85. The van der Waals surface area contributed by atoms with E-state index in [1.165, 1.54) is 0 Å². The number of ether oxygens (including phenoxy) is 1. The van der Waals surface area contributed by atoms with E-state index in [0.29, 0.717) is 6.61 Å². The van der Waals surface area contributed by atoms with Gasteiger partial charge in [-0.25, -0.2) is 0 Å². The molecule has 90 valence electrons. The van der Waals surface area contributed by atoms with Gasteiger partial charge in [0, 0.05) is 12.8 Å². The molecule has 0 spiro atoms. The lowest BCUT2D eigenvalue weighted by molar-refractivity contribution is -0.145. The van der Waals surface area contributed by atoms with Crippen LogP contribution in [-0.4, -0.2) is 18.8 Å². The Kier molecular flexibility index (Phi) is 7.17. The van der Waals surface area contributed by atoms with Gasteiger partial charge >= 0.3 is 12.1 Å². The molecule has 0 aromatic rings. The quantitative estimate of drug-likeness (QED) is 0.491. The van der Waals surface area contributed by atoms with Crippen molar-refractivity contribution in [1.82, 2.24) is 0 Å². The van der Waals surface area contributed by atoms with Crippen LogP contribution in [0.3, 0.4) is 0 Å². The summed E-state index contributed by atoms with van der Waals surface area (Å²) in [5.74, 6) is -0.398. The van der Waals surface area contributed by atoms with E-state index in [-0.39, 0.29) is 19.3 Å². The van der Waals surface area contributed by atoms with Crippen LogP contribution in [0.2, 0.25) is 0 Å². The van der Waals surface area contributed by atoms with Gasteiger partial charge in [0.15, 0.2) is 0 Å². The average molecular weight is 226 g/mol. The van der Waals surface area contributed by atoms with E-state index in [1.807, 2.05) is 6.92 Å². The molecule has 0 fully saturated rings. The van der Waals surface area contributed by atoms with Crippen LogP contribution in [-0.2, 0) is 9.53 Å². The predicted octanol–water partition coefficient (Wildman–Crippen LogP) is 3.45. The minimum Gasteiger partial charge on any atom is -0.466 e. The predicted molar refractivity (Wildman–Crippen MR) is 50.4 cm³/mol. The van der Waals surface area contributed by atoms with Crippen molar-refractivity contribution in [3.05, 3.63) is 0 Å². The van der Waals surface area contributed by atoms with Crippen LogP contribution < -0.4 is 0 Å². The molecule has 0 radical (unpaired) electrons. The number of alkyl halides is 3. The van der Waals surface area contributed by atoms with Crippen molar-refractivity contribution in [2.24, 2.45) is 0 Å². The highest BCUT2D eigenvalue weighted by Crippen LogP contribution is 2.22. The first-order valence-corrected chi connectivity index (χ1v) is 5.18. The number of unbranched alkanes of at least 4 members (excludes halogenated alkanes) is 2. The Hall–Kier alpha value is -0.740. The first kappa shape index (κ1) is 14.3. The van der Waals surface area contributed by atoms with Crippen LogP contribution in [0.15, 0.2) is 0 Å². The molecule has 0 aromatic heterocycles. The molecule has 15 heavy (non-hydrogen) atoms. The van der Waals surface area contributed by atoms with Crippen molar-refractivity contribution >= 4 is 5.97 Å². The van der Waals surface area contributed by atoms with Crippen LogP contribution in [0.4, 0.5) is 13.2 Å². The SMILES string of the molecule is CCCCOC(=O)CCCCC(F)(F)F. The zero-order valence-electron chi connectivity index (χ0n) is 8.90. The van der Waals surface area contributed by atoms with Gasteiger partial charge < -0.3 is 4.74 Å². The summed E-state index contributed by atoms with van der Waals surface area (Å²) < 4.78 is 39.9. The molecular formula is C10H17F3O2. The maximum atomic E-state index is 11.7. The summed E-state index contributed by atoms with van der Waals surface area (Å²) in [5.41, 5.74) is 0. The maximum Gasteiger partial charge on any atom is 0.389 e. The van der Waals surface area contributed by atoms with E-state index in [2.05, 4.69) is 0 Å². The number of rotatable bonds is 7. The standard InChI is InChI=1S/C10H17F3O2/c1-2-3-8-15-9(14)6-4-5-7-10(11,12)13/h2-8H2,1H3. The molecule has 0 saturated carbocycles. The lowest BCUT2D eigenvalue weighted by Gasteiger charge is -2.06. The fourth-order valence-corrected chi connectivity index (χ4v) is 0.997. The van der Waals surface area contributed by atoms with Crippen LogP contribution >= 0.6 is 0 Å². The van der Waals surface area contributed by atoms with Gasteiger partial charge in [-0.15, -0.1) is 0 Å². The van der Waals surface area contributed by atoms with Crippen molar-refractivity contribution in [2.45, 2.75) is 51.6 Å². The fourth-order valence-electron chi connectivity index (χ4n) is 0.997. The third kappa shape index (κ3) is 11.2. The minimum absolute atomic E-state index is 0.00756. The molecule has 0 amide bonds. The number of carbonyl (C=O) groups is 1. The molecule has 0 unspecified atom stereocenters. The fraction of sp³-hybridized carbons (Fsp3) is 0.900. The third-order valence-electron chi connectivity index (χ3n) is 1.85. The van der Waals surface area contributed by atoms with Crippen molar-refractivity contribution < 1.29 is 22.7 Å². The van der Waals surface area contributed by atoms with Crippen molar-refractivity contribution in [3.8, 4) is 0 Å². The highest BCUT2D eigenvalue weighted by molar-refractivity contribution is 5.69. The van der Waals surface area contributed by atoms with E-state index in [1.54, 1.807) is 0 Å². The van der Waals surface area contributed by atoms with E-state index in [0.717, 1.165) is 12.8 Å². The number of halogens is 3. The van der Waals surface area contributed by atoms with Gasteiger partial charge in [-0.05, 0) is 19.3 Å². The first-order valence-electron chi connectivity index (χ1n) is 5.18. The van der Waals surface area contributed by atoms with Crippen molar-refractivity contribution in [2.75, 3.05) is 6.61 Å². The highest BCUT2D eigenvalue weighted by Gasteiger charge is 2.25. The second kappa shape index (κ2) is 7.54. The lowest BCUT2D eigenvalue weighted by atomic mass is 10.2. The Labute approximate surface area is 87.8 Å². The normalized spacial score (nSPS) is 11.5. The zero-order valence-corrected chi connectivity index (χ0v) is 8.90. The van der Waals surface area contributed by atoms with Crippen LogP contribution in [0.25, 0.3) is 0 Å². The van der Waals surface area contributed by atoms with Crippen LogP contribution in [0.5, 0.6) is 0 Å². The second-order valence-corrected chi connectivity index (χ2v) is 3.40. The molecule has 0 aromatic carbocycles. The van der Waals surface area contributed by atoms with E-state index in [4.69, 9.17) is 4.74 Å². The Morgan fingerprint density at radius 1 is 1.20 bits per heavy atom. The van der Waals surface area contributed by atoms with E-state index < -0.39 is 18.6 Å². The second-order valence-electron chi connectivity index (χ2n) is 3.40. The molecule has 0 aliphatic heterocycles. The summed E-state index contributed by atoms with van der Waals surface area (Å²) in [6, 6.07) is 0. The molecule has 2 nitrogen and oxygen atoms in total. The van der Waals surface area contributed by atoms with Gasteiger partial charge in [-0.2, -0.15) is 13.2 Å². The van der Waals surface area contributed by atoms with Crippen LogP contribution in [0.1, 0.15) is 45.4 Å². The van der Waals surface area contributed by atoms with Gasteiger partial charge in [0.1, 0.15) is 0 Å². The molecule has 0 aliphatic rings. The molecule has 0 aliphatic carbocycles. The van der Waals surface area contributed by atoms with Gasteiger partial charge in [-0.3, -0.25) is 4.79 Å². The lowest BCUT2D eigenvalue weighted by Crippen LogP contribution is -2.08. The van der Waals surface area contributed by atoms with Gasteiger partial charge in [-0.1, -0.05) is 13.3 Å². The Morgan fingerprint density at radius 2 is 1.87 bits per heavy atom. The van der Waals surface area contributed by atoms with E-state index in [9.17, 15) is 18.0 Å². The first-order chi connectivity index (χ1) is 6.95. The number of carbonyl (C=O) groups excluding carboxylic acids is 1. The zero-order chi connectivity index (χ0) is 11.7. The maximum absolute atomic E-state index is 11.7. The number of hydrogen-bond acceptors (Lipinski definition) is 2. The summed E-state index contributed by atoms with van der Waals surface area (Å²) in [6.45, 7) is 2.34. The van der Waals surface area contributed by atoms with E-state index >= 15 is 0 Å². The summed E-state index contributed by atoms with van der Waals surface area (Å²) >= 11 is 0. The largest absolute Gasteiger partial charge is 0.466 e. The monoisotopic (exact) mass is 226 g/mol. The molecule has 0 heterocycles. The number of hydrogen-bond donors (Lipinski definition) is 0. The Balaban J connectivity index is 3.32. The molecule has 0 bridgehead atoms. The number of esters is 1. The molecule has 0 N–H and O–H groups in total. The molecule has 0 atom stereocenters. The van der Waals surface area contributed by atoms with Gasteiger partial charge in [0.2, 0.25) is 0 Å². The van der Waals surface area contributed by atoms with Gasteiger partial charge in [0.05, 0.1) is 6.61 Å². The van der Waals surface area contributed by atoms with Crippen molar-refractivity contribution in [1.29, 1.82) is 0 Å². The molecule has 0 rings (SSSR count). The summed E-state index contributed by atoms with van der Waals surface area (Å²) in [6.07, 6.45) is -2.90. The average Bonchev–Trinajstić information content (AvgIpc) is 2.11. The summed E-state index contributed by atoms with van der Waals surface area (Å²) in [4.78, 5) is 10.9. The van der Waals surface area contributed by atoms with Crippen molar-refractivity contribution in [3.63, 3.8) is 0 Å². The highest BCUT2D eigenvalue weighted by atomic mass is 19.4. The Morgan fingerprint density at radius 3 is 2.40 bits per heavy atom. The smallest absolute Gasteiger partial charge is 0.389 e. The Bertz CT molecular complexity index is 178. The van der Waals surface area contributed by atoms with Crippen LogP contribution in [0, 0.1) is 0 Å². The summed E-state index contributed by atoms with van der Waals surface area (Å²) in [5, 5.41) is 0.